The highest BCUT2D eigenvalue weighted by Gasteiger charge is 2.23. The standard InChI is InChI=1S/C12H12O/c1-9-6-12(9)7-10-4-2-3-5-11(10)8-13/h2-5,7-9H,6H2,1H3/b12-7-. The summed E-state index contributed by atoms with van der Waals surface area (Å²) in [5.41, 5.74) is 3.29. The predicted octanol–water partition coefficient (Wildman–Crippen LogP) is 2.92. The van der Waals surface area contributed by atoms with Gasteiger partial charge < -0.3 is 0 Å². The summed E-state index contributed by atoms with van der Waals surface area (Å²) in [7, 11) is 0. The Morgan fingerprint density at radius 1 is 1.31 bits per heavy atom. The summed E-state index contributed by atoms with van der Waals surface area (Å²) in [4.78, 5) is 10.7. The summed E-state index contributed by atoms with van der Waals surface area (Å²) >= 11 is 0. The minimum atomic E-state index is 0.722. The molecule has 0 spiro atoms. The van der Waals surface area contributed by atoms with Gasteiger partial charge in [-0.2, -0.15) is 0 Å². The van der Waals surface area contributed by atoms with Gasteiger partial charge in [0.2, 0.25) is 0 Å². The van der Waals surface area contributed by atoms with Gasteiger partial charge >= 0.3 is 0 Å². The van der Waals surface area contributed by atoms with Gasteiger partial charge in [0, 0.05) is 5.56 Å². The summed E-state index contributed by atoms with van der Waals surface area (Å²) in [6.07, 6.45) is 4.24. The van der Waals surface area contributed by atoms with E-state index in [9.17, 15) is 4.79 Å². The molecule has 1 aliphatic rings. The molecule has 1 saturated carbocycles. The molecule has 0 bridgehead atoms. The lowest BCUT2D eigenvalue weighted by atomic mass is 10.1. The topological polar surface area (TPSA) is 17.1 Å². The van der Waals surface area contributed by atoms with Gasteiger partial charge in [0.1, 0.15) is 0 Å². The highest BCUT2D eigenvalue weighted by Crippen LogP contribution is 2.38. The Bertz CT molecular complexity index is 363. The van der Waals surface area contributed by atoms with E-state index < -0.39 is 0 Å². The Labute approximate surface area is 78.1 Å². The normalized spacial score (nSPS) is 23.2. The third kappa shape index (κ3) is 1.69. The minimum Gasteiger partial charge on any atom is -0.298 e. The number of hydrogen-bond acceptors (Lipinski definition) is 1. The van der Waals surface area contributed by atoms with Crippen LogP contribution in [0.4, 0.5) is 0 Å². The molecule has 1 unspecified atom stereocenters. The predicted molar refractivity (Wildman–Crippen MR) is 53.6 cm³/mol. The Balaban J connectivity index is 2.34. The highest BCUT2D eigenvalue weighted by molar-refractivity contribution is 5.82. The minimum absolute atomic E-state index is 0.722. The van der Waals surface area contributed by atoms with Crippen LogP contribution in [0.3, 0.4) is 0 Å². The van der Waals surface area contributed by atoms with Crippen LogP contribution in [0.2, 0.25) is 0 Å². The first kappa shape index (κ1) is 8.24. The number of benzene rings is 1. The van der Waals surface area contributed by atoms with Crippen molar-refractivity contribution in [3.8, 4) is 0 Å². The third-order valence-corrected chi connectivity index (χ3v) is 2.48. The van der Waals surface area contributed by atoms with Crippen LogP contribution in [0.25, 0.3) is 6.08 Å². The zero-order valence-electron chi connectivity index (χ0n) is 7.66. The van der Waals surface area contributed by atoms with Crippen LogP contribution in [0, 0.1) is 5.92 Å². The number of allylic oxidation sites excluding steroid dienone is 1. The molecule has 0 N–H and O–H groups in total. The van der Waals surface area contributed by atoms with Crippen molar-refractivity contribution in [2.24, 2.45) is 5.92 Å². The van der Waals surface area contributed by atoms with Crippen molar-refractivity contribution >= 4 is 12.4 Å². The van der Waals surface area contributed by atoms with Gasteiger partial charge in [0.15, 0.2) is 6.29 Å². The smallest absolute Gasteiger partial charge is 0.150 e. The SMILES string of the molecule is CC1C/C1=C/c1ccccc1C=O. The zero-order chi connectivity index (χ0) is 9.26. The van der Waals surface area contributed by atoms with Crippen molar-refractivity contribution in [3.05, 3.63) is 41.0 Å². The Morgan fingerprint density at radius 2 is 1.92 bits per heavy atom. The van der Waals surface area contributed by atoms with E-state index in [1.165, 1.54) is 12.0 Å². The number of carbonyl (C=O) groups is 1. The Morgan fingerprint density at radius 3 is 2.46 bits per heavy atom. The maximum Gasteiger partial charge on any atom is 0.150 e. The van der Waals surface area contributed by atoms with Gasteiger partial charge in [0.25, 0.3) is 0 Å². The fourth-order valence-corrected chi connectivity index (χ4v) is 1.45. The van der Waals surface area contributed by atoms with Crippen molar-refractivity contribution in [3.63, 3.8) is 0 Å². The second-order valence-electron chi connectivity index (χ2n) is 3.57. The lowest BCUT2D eigenvalue weighted by Crippen LogP contribution is -1.83. The first-order chi connectivity index (χ1) is 6.31. The van der Waals surface area contributed by atoms with Crippen LogP contribution in [0.15, 0.2) is 29.8 Å². The van der Waals surface area contributed by atoms with Crippen molar-refractivity contribution in [1.82, 2.24) is 0 Å². The lowest BCUT2D eigenvalue weighted by Gasteiger charge is -1.96. The molecule has 1 atom stereocenters. The monoisotopic (exact) mass is 172 g/mol. The first-order valence-corrected chi connectivity index (χ1v) is 4.56. The number of aldehydes is 1. The second kappa shape index (κ2) is 3.17. The molecule has 1 fully saturated rings. The van der Waals surface area contributed by atoms with Crippen molar-refractivity contribution in [2.45, 2.75) is 13.3 Å². The van der Waals surface area contributed by atoms with Crippen molar-refractivity contribution in [2.75, 3.05) is 0 Å². The number of rotatable bonds is 2. The fraction of sp³-hybridized carbons (Fsp3) is 0.250. The second-order valence-corrected chi connectivity index (χ2v) is 3.57. The molecular formula is C12H12O. The summed E-state index contributed by atoms with van der Waals surface area (Å²) in [6.45, 7) is 2.20. The van der Waals surface area contributed by atoms with E-state index in [0.29, 0.717) is 0 Å². The lowest BCUT2D eigenvalue weighted by molar-refractivity contribution is 0.112. The summed E-state index contributed by atoms with van der Waals surface area (Å²) < 4.78 is 0. The van der Waals surface area contributed by atoms with E-state index >= 15 is 0 Å². The molecular weight excluding hydrogens is 160 g/mol. The molecule has 13 heavy (non-hydrogen) atoms. The van der Waals surface area contributed by atoms with Crippen LogP contribution >= 0.6 is 0 Å². The van der Waals surface area contributed by atoms with Crippen LogP contribution < -0.4 is 0 Å². The molecule has 1 nitrogen and oxygen atoms in total. The molecule has 0 amide bonds. The Kier molecular flexibility index (Phi) is 2.01. The first-order valence-electron chi connectivity index (χ1n) is 4.56. The molecule has 0 radical (unpaired) electrons. The van der Waals surface area contributed by atoms with E-state index in [2.05, 4.69) is 13.0 Å². The number of carbonyl (C=O) groups excluding carboxylic acids is 1. The van der Waals surface area contributed by atoms with Crippen molar-refractivity contribution in [1.29, 1.82) is 0 Å². The van der Waals surface area contributed by atoms with Crippen LogP contribution in [0.5, 0.6) is 0 Å². The van der Waals surface area contributed by atoms with Crippen LogP contribution in [0.1, 0.15) is 29.3 Å². The van der Waals surface area contributed by atoms with E-state index in [1.54, 1.807) is 0 Å². The highest BCUT2D eigenvalue weighted by atomic mass is 16.1. The quantitative estimate of drug-likeness (QED) is 0.627. The largest absolute Gasteiger partial charge is 0.298 e. The molecule has 1 aromatic carbocycles. The summed E-state index contributed by atoms with van der Waals surface area (Å²) in [6, 6.07) is 7.70. The van der Waals surface area contributed by atoms with Crippen LogP contribution in [-0.2, 0) is 0 Å². The van der Waals surface area contributed by atoms with Gasteiger partial charge in [-0.05, 0) is 17.9 Å². The molecule has 1 heteroatoms. The molecule has 1 aliphatic carbocycles. The molecule has 1 aromatic rings. The molecule has 0 heterocycles. The van der Waals surface area contributed by atoms with Gasteiger partial charge in [-0.25, -0.2) is 0 Å². The van der Waals surface area contributed by atoms with Gasteiger partial charge in [0.05, 0.1) is 0 Å². The van der Waals surface area contributed by atoms with E-state index in [4.69, 9.17) is 0 Å². The molecule has 2 rings (SSSR count). The Hall–Kier alpha value is -1.37. The summed E-state index contributed by atoms with van der Waals surface area (Å²) in [5, 5.41) is 0. The van der Waals surface area contributed by atoms with E-state index in [0.717, 1.165) is 23.3 Å². The zero-order valence-corrected chi connectivity index (χ0v) is 7.66. The number of hydrogen-bond donors (Lipinski definition) is 0. The fourth-order valence-electron chi connectivity index (χ4n) is 1.45. The van der Waals surface area contributed by atoms with Gasteiger partial charge in [-0.3, -0.25) is 4.79 Å². The van der Waals surface area contributed by atoms with E-state index in [-0.39, 0.29) is 0 Å². The third-order valence-electron chi connectivity index (χ3n) is 2.48. The summed E-state index contributed by atoms with van der Waals surface area (Å²) in [5.74, 6) is 0.722. The van der Waals surface area contributed by atoms with Crippen molar-refractivity contribution < 1.29 is 4.79 Å². The maximum atomic E-state index is 10.7. The van der Waals surface area contributed by atoms with Gasteiger partial charge in [-0.1, -0.05) is 42.8 Å². The maximum absolute atomic E-state index is 10.7. The van der Waals surface area contributed by atoms with Gasteiger partial charge in [-0.15, -0.1) is 0 Å². The van der Waals surface area contributed by atoms with Crippen LogP contribution in [-0.4, -0.2) is 6.29 Å². The molecule has 0 aliphatic heterocycles. The average molecular weight is 172 g/mol. The molecule has 66 valence electrons. The molecule has 0 aromatic heterocycles. The molecule has 0 saturated heterocycles. The van der Waals surface area contributed by atoms with E-state index in [1.807, 2.05) is 24.3 Å². The average Bonchev–Trinajstić information content (AvgIpc) is 2.83.